The summed E-state index contributed by atoms with van der Waals surface area (Å²) in [6, 6.07) is 0. The Hall–Kier alpha value is -2.26. The van der Waals surface area contributed by atoms with Crippen molar-refractivity contribution in [1.29, 1.82) is 0 Å². The fourth-order valence-corrected chi connectivity index (χ4v) is 6.26. The fourth-order valence-electron chi connectivity index (χ4n) is 5.52. The Labute approximate surface area is 343 Å². The highest BCUT2D eigenvalue weighted by atomic mass is 31.2. The Kier molecular flexibility index (Phi) is 36.7. The van der Waals surface area contributed by atoms with Crippen molar-refractivity contribution in [2.75, 3.05) is 47.5 Å². The Bertz CT molecular complexity index is 1140. The van der Waals surface area contributed by atoms with Crippen LogP contribution in [0.15, 0.2) is 73.1 Å². The highest BCUT2D eigenvalue weighted by Crippen LogP contribution is 2.43. The molecule has 10 heteroatoms. The summed E-state index contributed by atoms with van der Waals surface area (Å²) in [4.78, 5) is 22.8. The van der Waals surface area contributed by atoms with Gasteiger partial charge in [-0.1, -0.05) is 158 Å². The molecule has 0 heterocycles. The molecule has 0 aromatic rings. The van der Waals surface area contributed by atoms with Gasteiger partial charge in [-0.3, -0.25) is 13.8 Å². The first-order valence-corrected chi connectivity index (χ1v) is 23.3. The van der Waals surface area contributed by atoms with Crippen LogP contribution in [-0.4, -0.2) is 80.2 Å². The molecule has 9 nitrogen and oxygen atoms in total. The van der Waals surface area contributed by atoms with Crippen LogP contribution in [0.3, 0.4) is 0 Å². The molecule has 0 aliphatic carbocycles. The van der Waals surface area contributed by atoms with Crippen LogP contribution >= 0.6 is 7.82 Å². The van der Waals surface area contributed by atoms with Crippen molar-refractivity contribution in [3.8, 4) is 0 Å². The van der Waals surface area contributed by atoms with Crippen LogP contribution in [0.5, 0.6) is 0 Å². The monoisotopic (exact) mass is 809 g/mol. The van der Waals surface area contributed by atoms with E-state index in [2.05, 4.69) is 38.2 Å². The van der Waals surface area contributed by atoms with E-state index in [-0.39, 0.29) is 26.2 Å². The summed E-state index contributed by atoms with van der Waals surface area (Å²) < 4.78 is 34.6. The third-order valence-corrected chi connectivity index (χ3v) is 9.91. The molecule has 0 saturated carbocycles. The highest BCUT2D eigenvalue weighted by Gasteiger charge is 2.26. The van der Waals surface area contributed by atoms with Gasteiger partial charge in [0.05, 0.1) is 40.1 Å². The van der Waals surface area contributed by atoms with E-state index >= 15 is 0 Å². The normalized spacial score (nSPS) is 15.0. The molecule has 0 saturated heterocycles. The van der Waals surface area contributed by atoms with Crippen LogP contribution in [0.2, 0.25) is 0 Å². The van der Waals surface area contributed by atoms with Crippen molar-refractivity contribution in [2.45, 2.75) is 167 Å². The number of carbonyl (C=O) groups excluding carboxylic acids is 1. The van der Waals surface area contributed by atoms with Gasteiger partial charge in [0.25, 0.3) is 0 Å². The first-order valence-electron chi connectivity index (χ1n) is 21.8. The van der Waals surface area contributed by atoms with Crippen LogP contribution < -0.4 is 0 Å². The number of aliphatic hydroxyl groups excluding tert-OH is 1. The lowest BCUT2D eigenvalue weighted by Crippen LogP contribution is -2.37. The van der Waals surface area contributed by atoms with E-state index in [9.17, 15) is 19.4 Å². The molecule has 0 bridgehead atoms. The van der Waals surface area contributed by atoms with Crippen LogP contribution in [-0.2, 0) is 27.9 Å². The lowest BCUT2D eigenvalue weighted by atomic mass is 10.0. The summed E-state index contributed by atoms with van der Waals surface area (Å²) in [5, 5.41) is 10.2. The Morgan fingerprint density at radius 2 is 1.27 bits per heavy atom. The minimum atomic E-state index is -4.33. The van der Waals surface area contributed by atoms with Crippen molar-refractivity contribution >= 4 is 13.8 Å². The summed E-state index contributed by atoms with van der Waals surface area (Å²) >= 11 is 0. The van der Waals surface area contributed by atoms with E-state index in [1.54, 1.807) is 12.3 Å². The average molecular weight is 809 g/mol. The first kappa shape index (κ1) is 53.7. The number of hydrogen-bond acceptors (Lipinski definition) is 7. The van der Waals surface area contributed by atoms with E-state index in [1.807, 2.05) is 57.6 Å². The van der Waals surface area contributed by atoms with Crippen molar-refractivity contribution in [3.05, 3.63) is 73.1 Å². The molecule has 3 atom stereocenters. The second kappa shape index (κ2) is 38.3. The molecule has 0 rings (SSSR count). The zero-order valence-electron chi connectivity index (χ0n) is 36.2. The van der Waals surface area contributed by atoms with Crippen LogP contribution in [0.4, 0.5) is 0 Å². The molecular formula is C46H83NO8P+. The van der Waals surface area contributed by atoms with Gasteiger partial charge in [-0.2, -0.15) is 0 Å². The third kappa shape index (κ3) is 41.4. The topological polar surface area (TPSA) is 112 Å². The van der Waals surface area contributed by atoms with Crippen molar-refractivity contribution in [1.82, 2.24) is 0 Å². The maximum atomic E-state index is 12.7. The number of nitrogens with zero attached hydrogens (tertiary/aromatic N) is 1. The van der Waals surface area contributed by atoms with Gasteiger partial charge in [0.1, 0.15) is 19.8 Å². The summed E-state index contributed by atoms with van der Waals surface area (Å²) in [6.45, 7) is 4.63. The number of quaternary nitrogens is 1. The summed E-state index contributed by atoms with van der Waals surface area (Å²) in [5.74, 6) is -0.442. The zero-order valence-corrected chi connectivity index (χ0v) is 37.1. The van der Waals surface area contributed by atoms with Crippen LogP contribution in [0, 0.1) is 0 Å². The number of phosphoric acid groups is 1. The fraction of sp³-hybridized carbons (Fsp3) is 0.717. The lowest BCUT2D eigenvalue weighted by molar-refractivity contribution is -0.870. The molecule has 0 amide bonds. The second-order valence-corrected chi connectivity index (χ2v) is 17.1. The highest BCUT2D eigenvalue weighted by molar-refractivity contribution is 7.47. The van der Waals surface area contributed by atoms with Gasteiger partial charge in [-0.25, -0.2) is 4.57 Å². The molecule has 324 valence electrons. The standard InChI is InChI=1S/C46H82NO8P/c1-6-8-10-12-14-16-18-19-20-21-22-23-25-27-31-35-40-52-42-45(43-54-56(50,51)53-41-39-47(3,4)5)55-46(49)38-34-30-29-33-37-44(48)36-32-28-26-24-17-15-13-11-9-7-2/h9,11,15,17,26,28-29,32-33,35-36,40,44-45,48H,6-8,10,12-14,16,18-25,27,30-31,34,37-39,41-43H2,1-5H3/p+1/b11-9-,17-15-,28-26-,33-29-,36-32+,40-35-. The van der Waals surface area contributed by atoms with Crippen LogP contribution in [0.1, 0.15) is 155 Å². The van der Waals surface area contributed by atoms with E-state index in [0.29, 0.717) is 30.3 Å². The third-order valence-electron chi connectivity index (χ3n) is 8.93. The Morgan fingerprint density at radius 3 is 1.89 bits per heavy atom. The number of ether oxygens (including phenoxy) is 2. The number of phosphoric ester groups is 1. The number of rotatable bonds is 39. The van der Waals surface area contributed by atoms with Gasteiger partial charge in [0, 0.05) is 6.42 Å². The molecule has 2 N–H and O–H groups in total. The number of hydrogen-bond donors (Lipinski definition) is 2. The van der Waals surface area contributed by atoms with Crippen molar-refractivity contribution < 1.29 is 42.4 Å². The van der Waals surface area contributed by atoms with Gasteiger partial charge in [-0.15, -0.1) is 0 Å². The molecule has 0 aliphatic heterocycles. The lowest BCUT2D eigenvalue weighted by Gasteiger charge is -2.24. The number of carbonyl (C=O) groups is 1. The summed E-state index contributed by atoms with van der Waals surface area (Å²) in [7, 11) is 1.53. The van der Waals surface area contributed by atoms with Crippen LogP contribution in [0.25, 0.3) is 0 Å². The summed E-state index contributed by atoms with van der Waals surface area (Å²) in [6.07, 6.45) is 46.3. The Balaban J connectivity index is 4.49. The number of unbranched alkanes of at least 4 members (excludes halogenated alkanes) is 15. The van der Waals surface area contributed by atoms with E-state index in [1.165, 1.54) is 83.5 Å². The van der Waals surface area contributed by atoms with Gasteiger partial charge in [0.2, 0.25) is 0 Å². The minimum absolute atomic E-state index is 0.00625. The maximum absolute atomic E-state index is 12.7. The van der Waals surface area contributed by atoms with E-state index in [4.69, 9.17) is 18.5 Å². The van der Waals surface area contributed by atoms with Gasteiger partial charge in [-0.05, 0) is 57.4 Å². The Morgan fingerprint density at radius 1 is 0.679 bits per heavy atom. The second-order valence-electron chi connectivity index (χ2n) is 15.6. The molecule has 0 radical (unpaired) electrons. The number of likely N-dealkylation sites (N-methyl/N-ethyl adjacent to an activating group) is 1. The number of allylic oxidation sites excluding steroid dienone is 9. The molecule has 0 aromatic heterocycles. The average Bonchev–Trinajstić information content (AvgIpc) is 3.14. The quantitative estimate of drug-likeness (QED) is 0.0120. The van der Waals surface area contributed by atoms with E-state index in [0.717, 1.165) is 32.1 Å². The predicted octanol–water partition coefficient (Wildman–Crippen LogP) is 12.0. The summed E-state index contributed by atoms with van der Waals surface area (Å²) in [5.41, 5.74) is 0. The van der Waals surface area contributed by atoms with Gasteiger partial charge < -0.3 is 24.0 Å². The van der Waals surface area contributed by atoms with E-state index < -0.39 is 26.0 Å². The number of aliphatic hydroxyl groups is 1. The van der Waals surface area contributed by atoms with Gasteiger partial charge >= 0.3 is 13.8 Å². The minimum Gasteiger partial charge on any atom is -0.498 e. The predicted molar refractivity (Wildman–Crippen MR) is 234 cm³/mol. The van der Waals surface area contributed by atoms with Crippen molar-refractivity contribution in [2.24, 2.45) is 0 Å². The molecule has 0 aliphatic rings. The SMILES string of the molecule is CC/C=C\C/C=C\C/C=C\C=C\C(O)C/C=C\CCCC(=O)OC(CO/C=C\CCCCCCCCCCCCCCCC)COP(=O)(O)OCC[N+](C)(C)C. The largest absolute Gasteiger partial charge is 0.498 e. The molecule has 0 aromatic carbocycles. The van der Waals surface area contributed by atoms with Crippen molar-refractivity contribution in [3.63, 3.8) is 0 Å². The molecular weight excluding hydrogens is 725 g/mol. The smallest absolute Gasteiger partial charge is 0.472 e. The number of esters is 1. The zero-order chi connectivity index (χ0) is 41.4. The maximum Gasteiger partial charge on any atom is 0.472 e. The molecule has 3 unspecified atom stereocenters. The molecule has 0 fully saturated rings. The molecule has 56 heavy (non-hydrogen) atoms. The molecule has 0 spiro atoms. The first-order chi connectivity index (χ1) is 27.0. The van der Waals surface area contributed by atoms with Gasteiger partial charge in [0.15, 0.2) is 6.10 Å².